The lowest BCUT2D eigenvalue weighted by Gasteiger charge is -2.08. The van der Waals surface area contributed by atoms with Gasteiger partial charge in [-0.1, -0.05) is 19.9 Å². The summed E-state index contributed by atoms with van der Waals surface area (Å²) in [6.07, 6.45) is 2.02. The van der Waals surface area contributed by atoms with Crippen LogP contribution in [-0.4, -0.2) is 17.7 Å². The molecule has 1 aromatic carbocycles. The maximum atomic E-state index is 12.9. The highest BCUT2D eigenvalue weighted by atomic mass is 19.1. The van der Waals surface area contributed by atoms with Gasteiger partial charge in [-0.25, -0.2) is 9.18 Å². The molecule has 0 amide bonds. The number of ether oxygens (including phenoxy) is 1. The van der Waals surface area contributed by atoms with Gasteiger partial charge in [0.25, 0.3) is 0 Å². The summed E-state index contributed by atoms with van der Waals surface area (Å²) in [4.78, 5) is 10.9. The molecule has 4 heteroatoms. The molecular formula is C14H19FO3. The van der Waals surface area contributed by atoms with Gasteiger partial charge in [0.15, 0.2) is 0 Å². The van der Waals surface area contributed by atoms with Crippen LogP contribution < -0.4 is 0 Å². The predicted octanol–water partition coefficient (Wildman–Crippen LogP) is 3.48. The van der Waals surface area contributed by atoms with Crippen molar-refractivity contribution in [2.45, 2.75) is 33.3 Å². The van der Waals surface area contributed by atoms with Crippen LogP contribution in [0.4, 0.5) is 4.39 Å². The van der Waals surface area contributed by atoms with Crippen LogP contribution >= 0.6 is 0 Å². The zero-order chi connectivity index (χ0) is 13.5. The van der Waals surface area contributed by atoms with Crippen LogP contribution in [0.1, 0.15) is 42.6 Å². The minimum absolute atomic E-state index is 0.0288. The first-order valence-electron chi connectivity index (χ1n) is 6.10. The van der Waals surface area contributed by atoms with Crippen molar-refractivity contribution < 1.29 is 19.0 Å². The molecule has 1 aromatic rings. The second kappa shape index (κ2) is 7.11. The number of carbonyl (C=O) groups is 1. The van der Waals surface area contributed by atoms with Crippen LogP contribution in [-0.2, 0) is 11.3 Å². The standard InChI is InChI=1S/C14H19FO3/c1-10(2)4-3-7-18-9-11-5-6-12(15)8-13(11)14(16)17/h5-6,8,10H,3-4,7,9H2,1-2H3,(H,16,17). The van der Waals surface area contributed by atoms with Crippen LogP contribution in [0.5, 0.6) is 0 Å². The molecule has 0 aliphatic rings. The van der Waals surface area contributed by atoms with Gasteiger partial charge in [0, 0.05) is 6.61 Å². The Morgan fingerprint density at radius 2 is 2.17 bits per heavy atom. The zero-order valence-corrected chi connectivity index (χ0v) is 10.8. The number of rotatable bonds is 7. The van der Waals surface area contributed by atoms with Gasteiger partial charge in [-0.3, -0.25) is 0 Å². The summed E-state index contributed by atoms with van der Waals surface area (Å²) < 4.78 is 18.4. The van der Waals surface area contributed by atoms with Gasteiger partial charge in [0.05, 0.1) is 12.2 Å². The van der Waals surface area contributed by atoms with Crippen LogP contribution in [0.25, 0.3) is 0 Å². The highest BCUT2D eigenvalue weighted by molar-refractivity contribution is 5.89. The van der Waals surface area contributed by atoms with Crippen molar-refractivity contribution in [2.24, 2.45) is 5.92 Å². The molecule has 0 bridgehead atoms. The second-order valence-electron chi connectivity index (χ2n) is 4.70. The van der Waals surface area contributed by atoms with E-state index in [2.05, 4.69) is 13.8 Å². The summed E-state index contributed by atoms with van der Waals surface area (Å²) in [5.74, 6) is -1.04. The molecule has 0 aliphatic carbocycles. The van der Waals surface area contributed by atoms with Crippen LogP contribution in [0.15, 0.2) is 18.2 Å². The summed E-state index contributed by atoms with van der Waals surface area (Å²) in [6, 6.07) is 3.73. The van der Waals surface area contributed by atoms with Gasteiger partial charge in [0.2, 0.25) is 0 Å². The topological polar surface area (TPSA) is 46.5 Å². The molecule has 0 spiro atoms. The van der Waals surface area contributed by atoms with Crippen molar-refractivity contribution in [1.29, 1.82) is 0 Å². The molecular weight excluding hydrogens is 235 g/mol. The molecule has 3 nitrogen and oxygen atoms in total. The Morgan fingerprint density at radius 1 is 1.44 bits per heavy atom. The predicted molar refractivity (Wildman–Crippen MR) is 67.1 cm³/mol. The summed E-state index contributed by atoms with van der Waals surface area (Å²) >= 11 is 0. The van der Waals surface area contributed by atoms with Gasteiger partial charge in [-0.05, 0) is 36.5 Å². The lowest BCUT2D eigenvalue weighted by molar-refractivity contribution is 0.0685. The van der Waals surface area contributed by atoms with E-state index in [1.165, 1.54) is 12.1 Å². The number of carboxylic acid groups (broad SMARTS) is 1. The van der Waals surface area contributed by atoms with Crippen molar-refractivity contribution in [3.8, 4) is 0 Å². The van der Waals surface area contributed by atoms with Crippen LogP contribution in [0.3, 0.4) is 0 Å². The zero-order valence-electron chi connectivity index (χ0n) is 10.8. The highest BCUT2D eigenvalue weighted by Gasteiger charge is 2.11. The van der Waals surface area contributed by atoms with Gasteiger partial charge in [-0.15, -0.1) is 0 Å². The summed E-state index contributed by atoms with van der Waals surface area (Å²) in [6.45, 7) is 5.08. The summed E-state index contributed by atoms with van der Waals surface area (Å²) in [7, 11) is 0. The number of hydrogen-bond donors (Lipinski definition) is 1. The maximum Gasteiger partial charge on any atom is 0.336 e. The van der Waals surface area contributed by atoms with E-state index in [1.54, 1.807) is 0 Å². The molecule has 1 rings (SSSR count). The van der Waals surface area contributed by atoms with E-state index in [4.69, 9.17) is 9.84 Å². The monoisotopic (exact) mass is 254 g/mol. The molecule has 0 atom stereocenters. The molecule has 0 aromatic heterocycles. The van der Waals surface area contributed by atoms with Crippen LogP contribution in [0.2, 0.25) is 0 Å². The fourth-order valence-corrected chi connectivity index (χ4v) is 1.65. The first-order valence-corrected chi connectivity index (χ1v) is 6.10. The third kappa shape index (κ3) is 4.84. The van der Waals surface area contributed by atoms with Crippen molar-refractivity contribution in [1.82, 2.24) is 0 Å². The van der Waals surface area contributed by atoms with E-state index < -0.39 is 11.8 Å². The Balaban J connectivity index is 2.49. The molecule has 100 valence electrons. The fraction of sp³-hybridized carbons (Fsp3) is 0.500. The lowest BCUT2D eigenvalue weighted by Crippen LogP contribution is -2.06. The number of carboxylic acids is 1. The molecule has 0 unspecified atom stereocenters. The van der Waals surface area contributed by atoms with Gasteiger partial charge in [0.1, 0.15) is 5.82 Å². The fourth-order valence-electron chi connectivity index (χ4n) is 1.65. The highest BCUT2D eigenvalue weighted by Crippen LogP contribution is 2.13. The average molecular weight is 254 g/mol. The van der Waals surface area contributed by atoms with E-state index in [-0.39, 0.29) is 12.2 Å². The van der Waals surface area contributed by atoms with Crippen LogP contribution in [0, 0.1) is 11.7 Å². The quantitative estimate of drug-likeness (QED) is 0.758. The normalized spacial score (nSPS) is 10.9. The molecule has 0 heterocycles. The van der Waals surface area contributed by atoms with E-state index in [0.29, 0.717) is 18.1 Å². The molecule has 0 radical (unpaired) electrons. The number of aromatic carboxylic acids is 1. The summed E-state index contributed by atoms with van der Waals surface area (Å²) in [5, 5.41) is 8.94. The molecule has 0 saturated heterocycles. The first kappa shape index (κ1) is 14.6. The van der Waals surface area contributed by atoms with Crippen molar-refractivity contribution in [3.05, 3.63) is 35.1 Å². The minimum Gasteiger partial charge on any atom is -0.478 e. The third-order valence-electron chi connectivity index (χ3n) is 2.63. The molecule has 0 saturated carbocycles. The number of halogens is 1. The molecule has 0 fully saturated rings. The summed E-state index contributed by atoms with van der Waals surface area (Å²) in [5.41, 5.74) is 0.479. The molecule has 1 N–H and O–H groups in total. The Morgan fingerprint density at radius 3 is 2.78 bits per heavy atom. The Labute approximate surface area is 107 Å². The van der Waals surface area contributed by atoms with E-state index in [9.17, 15) is 9.18 Å². The SMILES string of the molecule is CC(C)CCCOCc1ccc(F)cc1C(=O)O. The largest absolute Gasteiger partial charge is 0.478 e. The van der Waals surface area contributed by atoms with E-state index >= 15 is 0 Å². The van der Waals surface area contributed by atoms with Gasteiger partial charge < -0.3 is 9.84 Å². The smallest absolute Gasteiger partial charge is 0.336 e. The molecule has 0 aliphatic heterocycles. The second-order valence-corrected chi connectivity index (χ2v) is 4.70. The van der Waals surface area contributed by atoms with Crippen molar-refractivity contribution >= 4 is 5.97 Å². The van der Waals surface area contributed by atoms with Crippen molar-refractivity contribution in [2.75, 3.05) is 6.61 Å². The number of hydrogen-bond acceptors (Lipinski definition) is 2. The Bertz CT molecular complexity index is 402. The number of benzene rings is 1. The van der Waals surface area contributed by atoms with E-state index in [0.717, 1.165) is 18.9 Å². The Kier molecular flexibility index (Phi) is 5.78. The Hall–Kier alpha value is -1.42. The van der Waals surface area contributed by atoms with E-state index in [1.807, 2.05) is 0 Å². The van der Waals surface area contributed by atoms with Crippen molar-refractivity contribution in [3.63, 3.8) is 0 Å². The minimum atomic E-state index is -1.13. The third-order valence-corrected chi connectivity index (χ3v) is 2.63. The maximum absolute atomic E-state index is 12.9. The molecule has 18 heavy (non-hydrogen) atoms. The first-order chi connectivity index (χ1) is 8.50. The van der Waals surface area contributed by atoms with Gasteiger partial charge >= 0.3 is 5.97 Å². The average Bonchev–Trinajstić information content (AvgIpc) is 2.29. The van der Waals surface area contributed by atoms with Gasteiger partial charge in [-0.2, -0.15) is 0 Å². The lowest BCUT2D eigenvalue weighted by atomic mass is 10.1.